The Hall–Kier alpha value is -2.82. The molecule has 0 spiro atoms. The van der Waals surface area contributed by atoms with Crippen molar-refractivity contribution in [2.45, 2.75) is 19.8 Å². The highest BCUT2D eigenvalue weighted by atomic mass is 35.5. The Labute approximate surface area is 178 Å². The molecule has 0 bridgehead atoms. The van der Waals surface area contributed by atoms with E-state index in [4.69, 9.17) is 16.3 Å². The maximum absolute atomic E-state index is 13.2. The molecule has 4 aromatic rings. The molecule has 1 amide bonds. The van der Waals surface area contributed by atoms with Gasteiger partial charge in [-0.05, 0) is 53.8 Å². The van der Waals surface area contributed by atoms with Gasteiger partial charge in [-0.25, -0.2) is 0 Å². The lowest BCUT2D eigenvalue weighted by Crippen LogP contribution is -2.13. The van der Waals surface area contributed by atoms with Crippen LogP contribution in [0.4, 0.5) is 5.69 Å². The van der Waals surface area contributed by atoms with Crippen molar-refractivity contribution in [1.29, 1.82) is 0 Å². The van der Waals surface area contributed by atoms with Gasteiger partial charge in [0.2, 0.25) is 0 Å². The van der Waals surface area contributed by atoms with Gasteiger partial charge in [0.1, 0.15) is 5.75 Å². The lowest BCUT2D eigenvalue weighted by Gasteiger charge is -2.13. The summed E-state index contributed by atoms with van der Waals surface area (Å²) in [6.07, 6.45) is 1.83. The molecule has 3 aromatic carbocycles. The van der Waals surface area contributed by atoms with E-state index >= 15 is 0 Å². The minimum atomic E-state index is -0.144. The largest absolute Gasteiger partial charge is 0.455 e. The van der Waals surface area contributed by atoms with Crippen molar-refractivity contribution in [2.24, 2.45) is 0 Å². The van der Waals surface area contributed by atoms with Crippen LogP contribution in [0.25, 0.3) is 10.1 Å². The van der Waals surface area contributed by atoms with Crippen LogP contribution in [0.1, 0.15) is 28.6 Å². The normalized spacial score (nSPS) is 10.8. The molecule has 0 radical (unpaired) electrons. The number of para-hydroxylation sites is 1. The van der Waals surface area contributed by atoms with Crippen molar-refractivity contribution >= 4 is 44.6 Å². The Kier molecular flexibility index (Phi) is 5.84. The van der Waals surface area contributed by atoms with Crippen molar-refractivity contribution in [3.8, 4) is 11.5 Å². The van der Waals surface area contributed by atoms with Crippen LogP contribution in [-0.2, 0) is 6.42 Å². The summed E-state index contributed by atoms with van der Waals surface area (Å²) in [6, 6.07) is 22.8. The lowest BCUT2D eigenvalue weighted by atomic mass is 10.1. The molecule has 0 fully saturated rings. The second kappa shape index (κ2) is 8.68. The van der Waals surface area contributed by atoms with E-state index in [1.54, 1.807) is 18.2 Å². The van der Waals surface area contributed by atoms with Crippen molar-refractivity contribution < 1.29 is 9.53 Å². The highest BCUT2D eigenvalue weighted by Gasteiger charge is 2.19. The molecule has 1 heterocycles. The third-order valence-corrected chi connectivity index (χ3v) is 6.01. The summed E-state index contributed by atoms with van der Waals surface area (Å²) in [5, 5.41) is 4.69. The number of carbonyl (C=O) groups excluding carboxylic acids is 1. The van der Waals surface area contributed by atoms with E-state index in [-0.39, 0.29) is 5.91 Å². The van der Waals surface area contributed by atoms with E-state index in [0.717, 1.165) is 33.4 Å². The van der Waals surface area contributed by atoms with E-state index in [9.17, 15) is 4.79 Å². The molecule has 29 heavy (non-hydrogen) atoms. The van der Waals surface area contributed by atoms with Gasteiger partial charge in [0.25, 0.3) is 5.91 Å². The van der Waals surface area contributed by atoms with Gasteiger partial charge in [0, 0.05) is 9.72 Å². The Morgan fingerprint density at radius 3 is 2.59 bits per heavy atom. The summed E-state index contributed by atoms with van der Waals surface area (Å²) in [6.45, 7) is 2.12. The monoisotopic (exact) mass is 421 g/mol. The first-order chi connectivity index (χ1) is 14.2. The molecule has 0 aliphatic heterocycles. The summed E-state index contributed by atoms with van der Waals surface area (Å²) in [5.41, 5.74) is 1.64. The highest BCUT2D eigenvalue weighted by molar-refractivity contribution is 7.21. The average Bonchev–Trinajstić information content (AvgIpc) is 3.10. The van der Waals surface area contributed by atoms with E-state index < -0.39 is 0 Å². The summed E-state index contributed by atoms with van der Waals surface area (Å²) in [4.78, 5) is 13.9. The number of halogens is 1. The van der Waals surface area contributed by atoms with Crippen LogP contribution in [0, 0.1) is 0 Å². The van der Waals surface area contributed by atoms with E-state index in [1.165, 1.54) is 11.3 Å². The fourth-order valence-corrected chi connectivity index (χ4v) is 4.58. The first-order valence-corrected chi connectivity index (χ1v) is 10.7. The molecule has 1 N–H and O–H groups in total. The second-order valence-electron chi connectivity index (χ2n) is 6.67. The smallest absolute Gasteiger partial charge is 0.266 e. The molecule has 3 nitrogen and oxygen atoms in total. The minimum Gasteiger partial charge on any atom is -0.455 e. The predicted molar refractivity (Wildman–Crippen MR) is 122 cm³/mol. The van der Waals surface area contributed by atoms with Crippen LogP contribution in [-0.4, -0.2) is 5.91 Å². The average molecular weight is 422 g/mol. The van der Waals surface area contributed by atoms with Gasteiger partial charge in [-0.1, -0.05) is 61.3 Å². The van der Waals surface area contributed by atoms with Gasteiger partial charge in [0.05, 0.1) is 10.6 Å². The number of anilines is 1. The summed E-state index contributed by atoms with van der Waals surface area (Å²) in [7, 11) is 0. The minimum absolute atomic E-state index is 0.144. The maximum atomic E-state index is 13.2. The SMILES string of the molecule is CCCc1c(C(=O)Nc2cc(Cl)ccc2Oc2ccccc2)sc2ccccc12. The van der Waals surface area contributed by atoms with Crippen molar-refractivity contribution in [3.63, 3.8) is 0 Å². The Morgan fingerprint density at radius 2 is 1.79 bits per heavy atom. The number of carbonyl (C=O) groups is 1. The number of aryl methyl sites for hydroxylation is 1. The topological polar surface area (TPSA) is 38.3 Å². The standard InChI is InChI=1S/C24H20ClNO2S/c1-2-8-19-18-11-6-7-12-22(18)29-23(19)24(27)26-20-15-16(25)13-14-21(20)28-17-9-4-3-5-10-17/h3-7,9-15H,2,8H2,1H3,(H,26,27). The highest BCUT2D eigenvalue weighted by Crippen LogP contribution is 2.35. The molecular formula is C24H20ClNO2S. The fourth-order valence-electron chi connectivity index (χ4n) is 3.26. The Balaban J connectivity index is 1.68. The molecule has 0 atom stereocenters. The molecule has 5 heteroatoms. The van der Waals surface area contributed by atoms with Gasteiger partial charge in [-0.15, -0.1) is 11.3 Å². The van der Waals surface area contributed by atoms with Gasteiger partial charge >= 0.3 is 0 Å². The molecule has 0 aliphatic rings. The number of thiophene rings is 1. The zero-order valence-corrected chi connectivity index (χ0v) is 17.5. The summed E-state index contributed by atoms with van der Waals surface area (Å²) < 4.78 is 7.09. The predicted octanol–water partition coefficient (Wildman–Crippen LogP) is 7.55. The third-order valence-electron chi connectivity index (χ3n) is 4.57. The Bertz CT molecular complexity index is 1150. The number of fused-ring (bicyclic) bond motifs is 1. The lowest BCUT2D eigenvalue weighted by molar-refractivity contribution is 0.102. The molecule has 146 valence electrons. The number of hydrogen-bond acceptors (Lipinski definition) is 3. The van der Waals surface area contributed by atoms with Crippen LogP contribution >= 0.6 is 22.9 Å². The number of hydrogen-bond donors (Lipinski definition) is 1. The van der Waals surface area contributed by atoms with Crippen LogP contribution in [0.2, 0.25) is 5.02 Å². The summed E-state index contributed by atoms with van der Waals surface area (Å²) >= 11 is 7.71. The van der Waals surface area contributed by atoms with E-state index in [0.29, 0.717) is 22.2 Å². The third kappa shape index (κ3) is 4.29. The molecule has 1 aromatic heterocycles. The maximum Gasteiger partial charge on any atom is 0.266 e. The van der Waals surface area contributed by atoms with Crippen LogP contribution in [0.3, 0.4) is 0 Å². The number of rotatable bonds is 6. The Morgan fingerprint density at radius 1 is 1.03 bits per heavy atom. The number of benzene rings is 3. The fraction of sp³-hybridized carbons (Fsp3) is 0.125. The van der Waals surface area contributed by atoms with Crippen molar-refractivity contribution in [3.05, 3.63) is 88.3 Å². The van der Waals surface area contributed by atoms with Crippen LogP contribution < -0.4 is 10.1 Å². The van der Waals surface area contributed by atoms with Gasteiger partial charge < -0.3 is 10.1 Å². The van der Waals surface area contributed by atoms with Crippen molar-refractivity contribution in [1.82, 2.24) is 0 Å². The quantitative estimate of drug-likeness (QED) is 0.349. The van der Waals surface area contributed by atoms with Crippen LogP contribution in [0.5, 0.6) is 11.5 Å². The first kappa shape index (κ1) is 19.5. The second-order valence-corrected chi connectivity index (χ2v) is 8.15. The van der Waals surface area contributed by atoms with Gasteiger partial charge in [-0.2, -0.15) is 0 Å². The molecule has 0 saturated carbocycles. The molecular weight excluding hydrogens is 402 g/mol. The first-order valence-electron chi connectivity index (χ1n) is 9.50. The number of amides is 1. The molecule has 0 saturated heterocycles. The zero-order chi connectivity index (χ0) is 20.2. The molecule has 0 aliphatic carbocycles. The summed E-state index contributed by atoms with van der Waals surface area (Å²) in [5.74, 6) is 1.10. The molecule has 0 unspecified atom stereocenters. The van der Waals surface area contributed by atoms with Gasteiger partial charge in [-0.3, -0.25) is 4.79 Å². The number of nitrogens with one attached hydrogen (secondary N) is 1. The zero-order valence-electron chi connectivity index (χ0n) is 15.9. The van der Waals surface area contributed by atoms with Crippen LogP contribution in [0.15, 0.2) is 72.8 Å². The van der Waals surface area contributed by atoms with E-state index in [2.05, 4.69) is 24.4 Å². The molecule has 4 rings (SSSR count). The van der Waals surface area contributed by atoms with Crippen molar-refractivity contribution in [2.75, 3.05) is 5.32 Å². The number of ether oxygens (including phenoxy) is 1. The van der Waals surface area contributed by atoms with E-state index in [1.807, 2.05) is 42.5 Å². The van der Waals surface area contributed by atoms with Gasteiger partial charge in [0.15, 0.2) is 5.75 Å².